The van der Waals surface area contributed by atoms with E-state index >= 15 is 0 Å². The first-order valence-electron chi connectivity index (χ1n) is 8.51. The van der Waals surface area contributed by atoms with Gasteiger partial charge in [-0.05, 0) is 24.5 Å². The zero-order valence-corrected chi connectivity index (χ0v) is 16.5. The lowest BCUT2D eigenvalue weighted by Crippen LogP contribution is -2.37. The minimum absolute atomic E-state index is 0.291. The van der Waals surface area contributed by atoms with Crippen LogP contribution >= 0.6 is 11.6 Å². The van der Waals surface area contributed by atoms with Crippen LogP contribution in [0.5, 0.6) is 11.5 Å². The van der Waals surface area contributed by atoms with Crippen molar-refractivity contribution in [2.24, 2.45) is 0 Å². The van der Waals surface area contributed by atoms with Gasteiger partial charge in [0.1, 0.15) is 11.5 Å². The molecular formula is C20H23ClN2O4. The fourth-order valence-corrected chi connectivity index (χ4v) is 2.76. The fourth-order valence-electron chi connectivity index (χ4n) is 2.52. The molecule has 2 N–H and O–H groups in total. The summed E-state index contributed by atoms with van der Waals surface area (Å²) in [6, 6.07) is 10.6. The zero-order valence-electron chi connectivity index (χ0n) is 15.8. The van der Waals surface area contributed by atoms with Crippen molar-refractivity contribution in [3.05, 3.63) is 52.5 Å². The summed E-state index contributed by atoms with van der Waals surface area (Å²) in [5.41, 5.74) is 2.41. The van der Waals surface area contributed by atoms with Gasteiger partial charge in [0.05, 0.1) is 31.0 Å². The highest BCUT2D eigenvalue weighted by Gasteiger charge is 2.20. The van der Waals surface area contributed by atoms with Crippen LogP contribution in [0.25, 0.3) is 0 Å². The first-order valence-corrected chi connectivity index (χ1v) is 8.89. The lowest BCUT2D eigenvalue weighted by atomic mass is 10.1. The van der Waals surface area contributed by atoms with Crippen molar-refractivity contribution in [3.63, 3.8) is 0 Å². The Balaban J connectivity index is 2.07. The summed E-state index contributed by atoms with van der Waals surface area (Å²) >= 11 is 6.04. The molecule has 0 radical (unpaired) electrons. The van der Waals surface area contributed by atoms with Crippen LogP contribution in [0.4, 0.5) is 5.69 Å². The largest absolute Gasteiger partial charge is 0.495 e. The number of rotatable bonds is 6. The van der Waals surface area contributed by atoms with Gasteiger partial charge in [-0.15, -0.1) is 0 Å². The normalized spacial score (nSPS) is 11.4. The maximum atomic E-state index is 12.3. The van der Waals surface area contributed by atoms with Gasteiger partial charge in [-0.2, -0.15) is 0 Å². The van der Waals surface area contributed by atoms with Gasteiger partial charge in [0.2, 0.25) is 0 Å². The highest BCUT2D eigenvalue weighted by atomic mass is 35.5. The van der Waals surface area contributed by atoms with Crippen molar-refractivity contribution in [1.82, 2.24) is 5.32 Å². The summed E-state index contributed by atoms with van der Waals surface area (Å²) < 4.78 is 10.3. The molecule has 7 heteroatoms. The van der Waals surface area contributed by atoms with E-state index < -0.39 is 11.8 Å². The molecular weight excluding hydrogens is 368 g/mol. The Hall–Kier alpha value is -2.73. The summed E-state index contributed by atoms with van der Waals surface area (Å²) in [6.45, 7) is 3.89. The quantitative estimate of drug-likeness (QED) is 0.737. The number of anilines is 1. The predicted molar refractivity (Wildman–Crippen MR) is 106 cm³/mol. The maximum Gasteiger partial charge on any atom is 0.313 e. The number of amides is 2. The van der Waals surface area contributed by atoms with Gasteiger partial charge in [-0.25, -0.2) is 0 Å². The summed E-state index contributed by atoms with van der Waals surface area (Å²) in [5.74, 6) is -0.879. The van der Waals surface area contributed by atoms with Gasteiger partial charge in [-0.3, -0.25) is 9.59 Å². The molecule has 144 valence electrons. The Kier molecular flexibility index (Phi) is 7.07. The van der Waals surface area contributed by atoms with E-state index in [1.807, 2.05) is 31.2 Å². The molecule has 6 nitrogen and oxygen atoms in total. The average molecular weight is 391 g/mol. The summed E-state index contributed by atoms with van der Waals surface area (Å²) in [4.78, 5) is 24.5. The molecule has 0 spiro atoms. The first kappa shape index (κ1) is 20.6. The number of methoxy groups -OCH3 is 2. The molecule has 0 aliphatic heterocycles. The highest BCUT2D eigenvalue weighted by molar-refractivity contribution is 6.40. The molecule has 0 saturated carbocycles. The molecule has 0 aliphatic rings. The number of carbonyl (C=O) groups is 2. The van der Waals surface area contributed by atoms with Crippen molar-refractivity contribution in [2.45, 2.75) is 26.3 Å². The number of ether oxygens (including phenoxy) is 2. The molecule has 2 amide bonds. The number of benzene rings is 2. The average Bonchev–Trinajstić information content (AvgIpc) is 2.68. The number of aryl methyl sites for hydroxylation is 1. The second-order valence-corrected chi connectivity index (χ2v) is 6.34. The van der Waals surface area contributed by atoms with Crippen molar-refractivity contribution in [1.29, 1.82) is 0 Å². The Morgan fingerprint density at radius 2 is 1.67 bits per heavy atom. The molecule has 27 heavy (non-hydrogen) atoms. The number of carbonyl (C=O) groups excluding carboxylic acids is 2. The van der Waals surface area contributed by atoms with Crippen molar-refractivity contribution < 1.29 is 19.1 Å². The molecule has 0 heterocycles. The monoisotopic (exact) mass is 390 g/mol. The number of hydrogen-bond donors (Lipinski definition) is 2. The molecule has 1 atom stereocenters. The van der Waals surface area contributed by atoms with E-state index in [1.54, 1.807) is 0 Å². The third-order valence-electron chi connectivity index (χ3n) is 4.16. The van der Waals surface area contributed by atoms with E-state index in [1.165, 1.54) is 31.9 Å². The Bertz CT molecular complexity index is 821. The van der Waals surface area contributed by atoms with Crippen molar-refractivity contribution >= 4 is 29.1 Å². The standard InChI is InChI=1S/C20H23ClN2O4/c1-5-13-6-8-14(9-7-13)12(2)22-19(24)20(25)23-16-11-17(26-3)15(21)10-18(16)27-4/h6-12H,5H2,1-4H3,(H,22,24)(H,23,25). The summed E-state index contributed by atoms with van der Waals surface area (Å²) in [6.07, 6.45) is 0.940. The van der Waals surface area contributed by atoms with Crippen molar-refractivity contribution in [2.75, 3.05) is 19.5 Å². The van der Waals surface area contributed by atoms with E-state index in [0.717, 1.165) is 12.0 Å². The van der Waals surface area contributed by atoms with Crippen LogP contribution in [0, 0.1) is 0 Å². The number of nitrogens with one attached hydrogen (secondary N) is 2. The second-order valence-electron chi connectivity index (χ2n) is 5.93. The third-order valence-corrected chi connectivity index (χ3v) is 4.46. The predicted octanol–water partition coefficient (Wildman–Crippen LogP) is 3.74. The van der Waals surface area contributed by atoms with Crippen LogP contribution < -0.4 is 20.1 Å². The molecule has 0 aromatic heterocycles. The molecule has 0 fully saturated rings. The van der Waals surface area contributed by atoms with Gasteiger partial charge in [0, 0.05) is 12.1 Å². The lowest BCUT2D eigenvalue weighted by molar-refractivity contribution is -0.136. The van der Waals surface area contributed by atoms with E-state index in [2.05, 4.69) is 17.6 Å². The maximum absolute atomic E-state index is 12.3. The van der Waals surface area contributed by atoms with Crippen molar-refractivity contribution in [3.8, 4) is 11.5 Å². The van der Waals surface area contributed by atoms with Crippen LogP contribution in [0.3, 0.4) is 0 Å². The molecule has 2 rings (SSSR count). The number of halogens is 1. The van der Waals surface area contributed by atoms with Gasteiger partial charge in [0.15, 0.2) is 0 Å². The Labute approximate surface area is 163 Å². The Morgan fingerprint density at radius 3 is 2.22 bits per heavy atom. The molecule has 0 aliphatic carbocycles. The molecule has 0 saturated heterocycles. The van der Waals surface area contributed by atoms with E-state index in [-0.39, 0.29) is 6.04 Å². The third kappa shape index (κ3) is 5.14. The van der Waals surface area contributed by atoms with E-state index in [4.69, 9.17) is 21.1 Å². The van der Waals surface area contributed by atoms with E-state index in [0.29, 0.717) is 22.2 Å². The fraction of sp³-hybridized carbons (Fsp3) is 0.300. The van der Waals surface area contributed by atoms with E-state index in [9.17, 15) is 9.59 Å². The zero-order chi connectivity index (χ0) is 20.0. The second kappa shape index (κ2) is 9.28. The minimum atomic E-state index is -0.810. The molecule has 0 bridgehead atoms. The minimum Gasteiger partial charge on any atom is -0.495 e. The highest BCUT2D eigenvalue weighted by Crippen LogP contribution is 2.35. The SMILES string of the molecule is CCc1ccc(C(C)NC(=O)C(=O)Nc2cc(OC)c(Cl)cc2OC)cc1. The van der Waals surface area contributed by atoms with Gasteiger partial charge in [0.25, 0.3) is 0 Å². The van der Waals surface area contributed by atoms with Gasteiger partial charge < -0.3 is 20.1 Å². The summed E-state index contributed by atoms with van der Waals surface area (Å²) in [7, 11) is 2.90. The van der Waals surface area contributed by atoms with Crippen LogP contribution in [0.1, 0.15) is 31.0 Å². The smallest absolute Gasteiger partial charge is 0.313 e. The van der Waals surface area contributed by atoms with Crippen LogP contribution in [-0.2, 0) is 16.0 Å². The molecule has 2 aromatic rings. The molecule has 2 aromatic carbocycles. The van der Waals surface area contributed by atoms with Gasteiger partial charge >= 0.3 is 11.8 Å². The molecule has 1 unspecified atom stereocenters. The topological polar surface area (TPSA) is 76.7 Å². The summed E-state index contributed by atoms with van der Waals surface area (Å²) in [5, 5.41) is 5.54. The number of hydrogen-bond acceptors (Lipinski definition) is 4. The van der Waals surface area contributed by atoms with Gasteiger partial charge in [-0.1, -0.05) is 42.8 Å². The van der Waals surface area contributed by atoms with Crippen LogP contribution in [-0.4, -0.2) is 26.0 Å². The van der Waals surface area contributed by atoms with Crippen LogP contribution in [0.15, 0.2) is 36.4 Å². The van der Waals surface area contributed by atoms with Crippen LogP contribution in [0.2, 0.25) is 5.02 Å². The Morgan fingerprint density at radius 1 is 1.04 bits per heavy atom. The lowest BCUT2D eigenvalue weighted by Gasteiger charge is -2.16. The first-order chi connectivity index (χ1) is 12.9.